The predicted octanol–water partition coefficient (Wildman–Crippen LogP) is 10.3. The Hall–Kier alpha value is -6.80. The number of nitrogens with zero attached hydrogens (tertiary/aromatic N) is 5. The number of nitro groups is 1. The predicted molar refractivity (Wildman–Crippen MR) is 293 cm³/mol. The summed E-state index contributed by atoms with van der Waals surface area (Å²) in [7, 11) is -1.42. The van der Waals surface area contributed by atoms with Gasteiger partial charge >= 0.3 is 0 Å². The SMILES string of the molecule is COc1ccc(CN2CCN(C3CC4(CCN(c5cc(Oc6cnc7[nH]ccc7c6)c(C(=O)NS(=O)(=O)c6ccc(NCC7CCC(C)(O)CC7)c([N+](=O)[O-])c6)cc5F)CC4)C3)[C@H](c3ccccc3C(C)C)C2)cc1OC. The molecule has 19 heteroatoms. The van der Waals surface area contributed by atoms with Crippen LogP contribution in [0.15, 0.2) is 102 Å². The molecule has 1 atom stereocenters. The van der Waals surface area contributed by atoms with Crippen LogP contribution in [0.4, 0.5) is 21.5 Å². The van der Waals surface area contributed by atoms with Crippen molar-refractivity contribution in [1.29, 1.82) is 0 Å². The smallest absolute Gasteiger partial charge is 0.293 e. The molecular formula is C58H69FN8O9S. The monoisotopic (exact) mass is 1070 g/mol. The van der Waals surface area contributed by atoms with Gasteiger partial charge in [0.25, 0.3) is 21.6 Å². The Bertz CT molecular complexity index is 3250. The number of hydrogen-bond donors (Lipinski definition) is 4. The Morgan fingerprint density at radius 3 is 2.42 bits per heavy atom. The number of aromatic amines is 1. The second-order valence-electron chi connectivity index (χ2n) is 22.2. The molecule has 2 aliphatic carbocycles. The average molecular weight is 1070 g/mol. The summed E-state index contributed by atoms with van der Waals surface area (Å²) in [4.78, 5) is 39.8. The number of halogens is 1. The van der Waals surface area contributed by atoms with Crippen LogP contribution in [0.1, 0.15) is 111 Å². The topological polar surface area (TPSA) is 205 Å². The minimum Gasteiger partial charge on any atom is -0.493 e. The number of pyridine rings is 1. The van der Waals surface area contributed by atoms with E-state index in [0.29, 0.717) is 55.8 Å². The molecule has 1 amide bonds. The first-order chi connectivity index (χ1) is 36.9. The fourth-order valence-electron chi connectivity index (χ4n) is 12.2. The van der Waals surface area contributed by atoms with Crippen LogP contribution in [0.3, 0.4) is 0 Å². The van der Waals surface area contributed by atoms with E-state index in [-0.39, 0.29) is 40.2 Å². The number of aliphatic hydroxyl groups is 1. The highest BCUT2D eigenvalue weighted by Gasteiger charge is 2.50. The molecule has 4 heterocycles. The first kappa shape index (κ1) is 53.6. The van der Waals surface area contributed by atoms with Gasteiger partial charge in [-0.25, -0.2) is 22.5 Å². The van der Waals surface area contributed by atoms with Gasteiger partial charge in [-0.1, -0.05) is 44.2 Å². The van der Waals surface area contributed by atoms with Crippen LogP contribution < -0.4 is 29.1 Å². The Morgan fingerprint density at radius 1 is 0.935 bits per heavy atom. The highest BCUT2D eigenvalue weighted by Crippen LogP contribution is 2.54. The molecule has 77 heavy (non-hydrogen) atoms. The zero-order valence-electron chi connectivity index (χ0n) is 44.4. The summed E-state index contributed by atoms with van der Waals surface area (Å²) < 4.78 is 63.8. The van der Waals surface area contributed by atoms with Gasteiger partial charge in [-0.15, -0.1) is 0 Å². The maximum Gasteiger partial charge on any atom is 0.293 e. The first-order valence-electron chi connectivity index (χ1n) is 26.7. The lowest BCUT2D eigenvalue weighted by Gasteiger charge is -2.58. The molecule has 17 nitrogen and oxygen atoms in total. The molecule has 10 rings (SSSR count). The number of methoxy groups -OCH3 is 2. The van der Waals surface area contributed by atoms with Crippen molar-refractivity contribution >= 4 is 44.0 Å². The van der Waals surface area contributed by atoms with Crippen LogP contribution in [-0.2, 0) is 16.6 Å². The van der Waals surface area contributed by atoms with Gasteiger partial charge < -0.3 is 34.5 Å². The Balaban J connectivity index is 0.844. The third-order valence-electron chi connectivity index (χ3n) is 16.7. The van der Waals surface area contributed by atoms with Crippen molar-refractivity contribution in [2.24, 2.45) is 11.3 Å². The summed E-state index contributed by atoms with van der Waals surface area (Å²) in [6.45, 7) is 11.4. The largest absolute Gasteiger partial charge is 0.493 e. The van der Waals surface area contributed by atoms with Crippen LogP contribution in [0.25, 0.3) is 11.0 Å². The minimum absolute atomic E-state index is 0.0868. The minimum atomic E-state index is -4.73. The summed E-state index contributed by atoms with van der Waals surface area (Å²) in [5.74, 6) is 0.180. The highest BCUT2D eigenvalue weighted by molar-refractivity contribution is 7.90. The van der Waals surface area contributed by atoms with Gasteiger partial charge in [0.05, 0.1) is 47.1 Å². The number of fused-ring (bicyclic) bond motifs is 1. The fraction of sp³-hybridized carbons (Fsp3) is 0.448. The van der Waals surface area contributed by atoms with Gasteiger partial charge in [0, 0.05) is 81.6 Å². The molecule has 408 valence electrons. The van der Waals surface area contributed by atoms with E-state index >= 15 is 4.39 Å². The first-order valence-corrected chi connectivity index (χ1v) is 28.2. The normalized spacial score (nSPS) is 21.2. The molecule has 4 N–H and O–H groups in total. The number of benzene rings is 4. The number of nitro benzene ring substituents is 1. The van der Waals surface area contributed by atoms with Crippen molar-refractivity contribution in [2.45, 2.75) is 107 Å². The number of sulfonamides is 1. The van der Waals surface area contributed by atoms with E-state index in [0.717, 1.165) is 88.0 Å². The molecule has 6 aromatic rings. The molecule has 2 aromatic heterocycles. The van der Waals surface area contributed by atoms with Crippen molar-refractivity contribution in [1.82, 2.24) is 24.5 Å². The number of H-pyrrole nitrogens is 1. The van der Waals surface area contributed by atoms with E-state index < -0.39 is 48.4 Å². The molecule has 4 fully saturated rings. The number of rotatable bonds is 17. The second-order valence-corrected chi connectivity index (χ2v) is 23.9. The third-order valence-corrected chi connectivity index (χ3v) is 18.0. The number of piperazine rings is 1. The van der Waals surface area contributed by atoms with Crippen LogP contribution in [-0.4, -0.2) is 109 Å². The van der Waals surface area contributed by atoms with E-state index in [4.69, 9.17) is 14.2 Å². The number of ether oxygens (including phenoxy) is 3. The maximum atomic E-state index is 16.6. The van der Waals surface area contributed by atoms with Crippen LogP contribution in [0.5, 0.6) is 23.0 Å². The average Bonchev–Trinajstić information content (AvgIpc) is 3.89. The standard InChI is InChI=1S/C58H69FN8O9S/c1-37(2)44-8-6-7-9-45(44)51-36-64(35-39-10-13-52(74-4)54(26-39)75-5)24-25-66(51)41-31-58(32-41)19-22-65(23-20-58)49-30-53(76-42-27-40-16-21-60-55(40)62-34-42)46(29-47(49)59)56(68)63-77(72,73)43-11-12-48(50(28-43)67(70)71)61-33-38-14-17-57(3,69)18-15-38/h6-13,16,21,26-30,34,37-38,41,51,61,69H,14-15,17-20,22-25,31-33,35-36H2,1-5H3,(H,60,62)(H,63,68)/t38?,51-,57?/m0/s1. The van der Waals surface area contributed by atoms with Crippen LogP contribution in [0.2, 0.25) is 0 Å². The number of piperidine rings is 1. The Kier molecular flexibility index (Phi) is 15.3. The number of carbonyl (C=O) groups excluding carboxylic acids is 1. The van der Waals surface area contributed by atoms with E-state index in [1.807, 2.05) is 15.7 Å². The van der Waals surface area contributed by atoms with Crippen molar-refractivity contribution in [3.8, 4) is 23.0 Å². The molecule has 2 saturated carbocycles. The molecule has 4 aromatic carbocycles. The molecule has 2 saturated heterocycles. The van der Waals surface area contributed by atoms with E-state index in [9.17, 15) is 28.4 Å². The van der Waals surface area contributed by atoms with Gasteiger partial charge in [0.1, 0.15) is 28.7 Å². The van der Waals surface area contributed by atoms with Gasteiger partial charge in [0.2, 0.25) is 0 Å². The maximum absolute atomic E-state index is 16.6. The Morgan fingerprint density at radius 2 is 1.69 bits per heavy atom. The molecule has 4 aliphatic rings. The van der Waals surface area contributed by atoms with Gasteiger partial charge in [-0.3, -0.25) is 24.7 Å². The van der Waals surface area contributed by atoms with Crippen molar-refractivity contribution in [3.05, 3.63) is 136 Å². The number of amides is 1. The van der Waals surface area contributed by atoms with Crippen molar-refractivity contribution in [2.75, 3.05) is 63.7 Å². The Labute approximate surface area is 449 Å². The van der Waals surface area contributed by atoms with Gasteiger partial charge in [0.15, 0.2) is 11.5 Å². The number of carbonyl (C=O) groups is 1. The fourth-order valence-corrected chi connectivity index (χ4v) is 13.2. The zero-order valence-corrected chi connectivity index (χ0v) is 45.2. The van der Waals surface area contributed by atoms with Crippen molar-refractivity contribution in [3.63, 3.8) is 0 Å². The second kappa shape index (κ2) is 21.9. The number of anilines is 2. The zero-order chi connectivity index (χ0) is 54.2. The summed E-state index contributed by atoms with van der Waals surface area (Å²) in [5, 5.41) is 26.4. The molecule has 2 aliphatic heterocycles. The quantitative estimate of drug-likeness (QED) is 0.0496. The number of nitrogens with one attached hydrogen (secondary N) is 3. The van der Waals surface area contributed by atoms with Crippen molar-refractivity contribution < 1.29 is 41.8 Å². The summed E-state index contributed by atoms with van der Waals surface area (Å²) in [6, 6.07) is 24.9. The molecule has 0 radical (unpaired) electrons. The van der Waals surface area contributed by atoms with Gasteiger partial charge in [-0.05, 0) is 135 Å². The summed E-state index contributed by atoms with van der Waals surface area (Å²) in [6.07, 6.45) is 9.59. The molecule has 0 unspecified atom stereocenters. The van der Waals surface area contributed by atoms with Crippen LogP contribution >= 0.6 is 0 Å². The summed E-state index contributed by atoms with van der Waals surface area (Å²) in [5.41, 5.74) is 3.31. The number of aromatic nitrogens is 2. The van der Waals surface area contributed by atoms with E-state index in [1.54, 1.807) is 39.5 Å². The lowest BCUT2D eigenvalue weighted by atomic mass is 9.59. The molecule has 0 bridgehead atoms. The van der Waals surface area contributed by atoms with Crippen LogP contribution in [0, 0.1) is 27.3 Å². The van der Waals surface area contributed by atoms with E-state index in [1.165, 1.54) is 41.1 Å². The molecule has 1 spiro atoms. The summed E-state index contributed by atoms with van der Waals surface area (Å²) >= 11 is 0. The lowest BCUT2D eigenvalue weighted by Crippen LogP contribution is -2.60. The lowest BCUT2D eigenvalue weighted by molar-refractivity contribution is -0.384. The van der Waals surface area contributed by atoms with Gasteiger partial charge in [-0.2, -0.15) is 0 Å². The van der Waals surface area contributed by atoms with E-state index in [2.05, 4.69) is 75.3 Å². The number of hydrogen-bond acceptors (Lipinski definition) is 14. The highest BCUT2D eigenvalue weighted by atomic mass is 32.2. The molecular weight excluding hydrogens is 1000 g/mol. The third kappa shape index (κ3) is 11.6.